The van der Waals surface area contributed by atoms with Crippen LogP contribution in [0.25, 0.3) is 0 Å². The Hall–Kier alpha value is -2.86. The number of allylic oxidation sites excluding steroid dienone is 2. The number of carbonyl (C=O) groups excluding carboxylic acids is 1. The van der Waals surface area contributed by atoms with Crippen molar-refractivity contribution in [2.45, 2.75) is 31.7 Å². The van der Waals surface area contributed by atoms with Crippen LogP contribution in [-0.2, 0) is 4.79 Å². The number of pyridine rings is 1. The Bertz CT molecular complexity index is 855. The Labute approximate surface area is 175 Å². The van der Waals surface area contributed by atoms with Gasteiger partial charge in [0, 0.05) is 36.1 Å². The molecule has 152 valence electrons. The molecule has 1 saturated heterocycles. The quantitative estimate of drug-likeness (QED) is 0.615. The minimum absolute atomic E-state index is 0.0832. The lowest BCUT2D eigenvalue weighted by Gasteiger charge is -2.28. The van der Waals surface area contributed by atoms with Crippen molar-refractivity contribution in [3.05, 3.63) is 71.5 Å². The van der Waals surface area contributed by atoms with Gasteiger partial charge in [-0.1, -0.05) is 29.8 Å². The molecule has 0 aliphatic carbocycles. The van der Waals surface area contributed by atoms with Gasteiger partial charge in [-0.2, -0.15) is 0 Å². The number of nitrogens with one attached hydrogen (secondary N) is 1. The molecule has 0 radical (unpaired) electrons. The number of likely N-dealkylation sites (tertiary alicyclic amines) is 1. The molecule has 29 heavy (non-hydrogen) atoms. The number of amides is 2. The molecule has 0 bridgehead atoms. The molecule has 7 heteroatoms. The zero-order chi connectivity index (χ0) is 20.6. The smallest absolute Gasteiger partial charge is 0.322 e. The fraction of sp³-hybridized carbons (Fsp3) is 0.318. The van der Waals surface area contributed by atoms with Crippen molar-refractivity contribution < 1.29 is 14.7 Å². The third kappa shape index (κ3) is 5.81. The summed E-state index contributed by atoms with van der Waals surface area (Å²) < 4.78 is 0. The van der Waals surface area contributed by atoms with E-state index in [4.69, 9.17) is 16.7 Å². The van der Waals surface area contributed by atoms with Gasteiger partial charge in [-0.15, -0.1) is 0 Å². The number of carboxylic acid groups (broad SMARTS) is 1. The van der Waals surface area contributed by atoms with E-state index >= 15 is 0 Å². The highest BCUT2D eigenvalue weighted by Gasteiger charge is 2.37. The molecule has 2 atom stereocenters. The van der Waals surface area contributed by atoms with E-state index in [1.807, 2.05) is 29.2 Å². The maximum absolute atomic E-state index is 13.0. The molecule has 2 heterocycles. The minimum Gasteiger partial charge on any atom is -0.481 e. The molecule has 2 N–H and O–H groups in total. The summed E-state index contributed by atoms with van der Waals surface area (Å²) in [6.45, 7) is 0.645. The number of carbonyl (C=O) groups is 2. The third-order valence-corrected chi connectivity index (χ3v) is 5.29. The predicted octanol–water partition coefficient (Wildman–Crippen LogP) is 5.14. The largest absolute Gasteiger partial charge is 0.481 e. The number of anilines is 1. The van der Waals surface area contributed by atoms with Gasteiger partial charge in [0.15, 0.2) is 0 Å². The second-order valence-corrected chi connectivity index (χ2v) is 7.49. The molecule has 1 aliphatic rings. The Balaban J connectivity index is 1.71. The molecular formula is C22H24ClN3O3. The van der Waals surface area contributed by atoms with Crippen LogP contribution in [0.1, 0.15) is 37.3 Å². The molecule has 0 saturated carbocycles. The van der Waals surface area contributed by atoms with Crippen LogP contribution in [0.3, 0.4) is 0 Å². The number of hydrogen-bond acceptors (Lipinski definition) is 3. The Kier molecular flexibility index (Phi) is 7.25. The fourth-order valence-electron chi connectivity index (χ4n) is 3.66. The second kappa shape index (κ2) is 10.1. The number of rotatable bonds is 7. The van der Waals surface area contributed by atoms with E-state index in [0.29, 0.717) is 23.7 Å². The monoisotopic (exact) mass is 413 g/mol. The molecule has 2 amide bonds. The predicted molar refractivity (Wildman–Crippen MR) is 113 cm³/mol. The number of urea groups is 1. The first-order valence-electron chi connectivity index (χ1n) is 9.64. The number of carboxylic acids is 1. The fourth-order valence-corrected chi connectivity index (χ4v) is 3.78. The SMILES string of the molecule is O=C(O)CC/C=C\CC1CCN(C(=O)Nc2ccc(Cl)cc2)C1c1cccnc1. The third-order valence-electron chi connectivity index (χ3n) is 5.04. The number of halogens is 1. The zero-order valence-electron chi connectivity index (χ0n) is 16.0. The van der Waals surface area contributed by atoms with E-state index in [0.717, 1.165) is 18.4 Å². The molecule has 1 aromatic heterocycles. The molecule has 1 fully saturated rings. The maximum atomic E-state index is 13.0. The number of nitrogens with zero attached hydrogens (tertiary/aromatic N) is 2. The van der Waals surface area contributed by atoms with Crippen LogP contribution >= 0.6 is 11.6 Å². The van der Waals surface area contributed by atoms with E-state index in [9.17, 15) is 9.59 Å². The van der Waals surface area contributed by atoms with Crippen LogP contribution in [-0.4, -0.2) is 33.5 Å². The molecular weight excluding hydrogens is 390 g/mol. The highest BCUT2D eigenvalue weighted by atomic mass is 35.5. The van der Waals surface area contributed by atoms with Gasteiger partial charge in [0.1, 0.15) is 0 Å². The van der Waals surface area contributed by atoms with E-state index in [2.05, 4.69) is 10.3 Å². The average Bonchev–Trinajstić information content (AvgIpc) is 3.14. The Morgan fingerprint density at radius 3 is 2.72 bits per heavy atom. The summed E-state index contributed by atoms with van der Waals surface area (Å²) in [5.41, 5.74) is 1.70. The molecule has 3 rings (SSSR count). The van der Waals surface area contributed by atoms with Gasteiger partial charge >= 0.3 is 12.0 Å². The molecule has 2 unspecified atom stereocenters. The topological polar surface area (TPSA) is 82.5 Å². The molecule has 1 aromatic carbocycles. The van der Waals surface area contributed by atoms with Crippen LogP contribution in [0.15, 0.2) is 60.9 Å². The van der Waals surface area contributed by atoms with Gasteiger partial charge < -0.3 is 15.3 Å². The lowest BCUT2D eigenvalue weighted by atomic mass is 9.91. The number of hydrogen-bond donors (Lipinski definition) is 2. The van der Waals surface area contributed by atoms with Crippen LogP contribution < -0.4 is 5.32 Å². The normalized spacial score (nSPS) is 18.9. The van der Waals surface area contributed by atoms with Crippen molar-refractivity contribution >= 4 is 29.3 Å². The van der Waals surface area contributed by atoms with Crippen molar-refractivity contribution in [1.82, 2.24) is 9.88 Å². The average molecular weight is 414 g/mol. The van der Waals surface area contributed by atoms with Gasteiger partial charge in [-0.05, 0) is 61.1 Å². The van der Waals surface area contributed by atoms with Gasteiger partial charge in [-0.3, -0.25) is 9.78 Å². The van der Waals surface area contributed by atoms with E-state index < -0.39 is 5.97 Å². The van der Waals surface area contributed by atoms with Crippen molar-refractivity contribution in [1.29, 1.82) is 0 Å². The highest BCUT2D eigenvalue weighted by Crippen LogP contribution is 2.39. The summed E-state index contributed by atoms with van der Waals surface area (Å²) in [6, 6.07) is 10.7. The van der Waals surface area contributed by atoms with Crippen LogP contribution in [0.5, 0.6) is 0 Å². The summed E-state index contributed by atoms with van der Waals surface area (Å²) in [5.74, 6) is -0.551. The maximum Gasteiger partial charge on any atom is 0.322 e. The van der Waals surface area contributed by atoms with Crippen LogP contribution in [0.4, 0.5) is 10.5 Å². The summed E-state index contributed by atoms with van der Waals surface area (Å²) in [4.78, 5) is 29.7. The van der Waals surface area contributed by atoms with E-state index in [1.165, 1.54) is 0 Å². The number of aliphatic carboxylic acids is 1. The zero-order valence-corrected chi connectivity index (χ0v) is 16.8. The lowest BCUT2D eigenvalue weighted by molar-refractivity contribution is -0.136. The van der Waals surface area contributed by atoms with E-state index in [1.54, 1.807) is 36.7 Å². The lowest BCUT2D eigenvalue weighted by Crippen LogP contribution is -2.35. The first-order chi connectivity index (χ1) is 14.0. The number of aromatic nitrogens is 1. The highest BCUT2D eigenvalue weighted by molar-refractivity contribution is 6.30. The summed E-state index contributed by atoms with van der Waals surface area (Å²) in [7, 11) is 0. The van der Waals surface area contributed by atoms with Crippen molar-refractivity contribution in [3.8, 4) is 0 Å². The van der Waals surface area contributed by atoms with Gasteiger partial charge in [0.05, 0.1) is 6.04 Å². The van der Waals surface area contributed by atoms with Crippen molar-refractivity contribution in [3.63, 3.8) is 0 Å². The Morgan fingerprint density at radius 1 is 1.24 bits per heavy atom. The Morgan fingerprint density at radius 2 is 2.03 bits per heavy atom. The second-order valence-electron chi connectivity index (χ2n) is 7.05. The minimum atomic E-state index is -0.797. The molecule has 2 aromatic rings. The van der Waals surface area contributed by atoms with Crippen molar-refractivity contribution in [2.75, 3.05) is 11.9 Å². The van der Waals surface area contributed by atoms with Gasteiger partial charge in [0.2, 0.25) is 0 Å². The first-order valence-corrected chi connectivity index (χ1v) is 10.0. The van der Waals surface area contributed by atoms with Gasteiger partial charge in [-0.25, -0.2) is 4.79 Å². The number of benzene rings is 1. The summed E-state index contributed by atoms with van der Waals surface area (Å²) in [5, 5.41) is 12.3. The summed E-state index contributed by atoms with van der Waals surface area (Å²) in [6.07, 6.45) is 9.75. The van der Waals surface area contributed by atoms with Crippen LogP contribution in [0, 0.1) is 5.92 Å². The molecule has 1 aliphatic heterocycles. The van der Waals surface area contributed by atoms with Gasteiger partial charge in [0.25, 0.3) is 0 Å². The van der Waals surface area contributed by atoms with E-state index in [-0.39, 0.29) is 24.4 Å². The first kappa shape index (κ1) is 20.9. The summed E-state index contributed by atoms with van der Waals surface area (Å²) >= 11 is 5.92. The molecule has 6 nitrogen and oxygen atoms in total. The van der Waals surface area contributed by atoms with Crippen LogP contribution in [0.2, 0.25) is 5.02 Å². The standard InChI is InChI=1S/C22H24ClN3O3/c23-18-8-10-19(11-9-18)25-22(29)26-14-12-16(5-2-1-3-7-20(27)28)21(26)17-6-4-13-24-15-17/h1-2,4,6,8-11,13,15-16,21H,3,5,7,12,14H2,(H,25,29)(H,27,28)/b2-1-. The molecule has 0 spiro atoms. The van der Waals surface area contributed by atoms with Crippen molar-refractivity contribution in [2.24, 2.45) is 5.92 Å².